The molecular formula is C23H23N5O2. The molecule has 1 aliphatic carbocycles. The number of aromatic nitrogens is 4. The minimum absolute atomic E-state index is 0.107. The first-order valence-electron chi connectivity index (χ1n) is 10.5. The first-order valence-corrected chi connectivity index (χ1v) is 10.5. The molecule has 2 aromatic heterocycles. The van der Waals surface area contributed by atoms with Crippen molar-refractivity contribution in [1.82, 2.24) is 25.1 Å². The summed E-state index contributed by atoms with van der Waals surface area (Å²) in [5.41, 5.74) is 2.70. The van der Waals surface area contributed by atoms with E-state index >= 15 is 0 Å². The molecule has 2 N–H and O–H groups in total. The van der Waals surface area contributed by atoms with Gasteiger partial charge in [-0.2, -0.15) is 10.1 Å². The molecule has 1 amide bonds. The van der Waals surface area contributed by atoms with Crippen molar-refractivity contribution in [2.75, 3.05) is 0 Å². The molecule has 0 spiro atoms. The first kappa shape index (κ1) is 18.5. The molecule has 1 aliphatic rings. The van der Waals surface area contributed by atoms with Crippen LogP contribution in [0.15, 0.2) is 53.3 Å². The van der Waals surface area contributed by atoms with Gasteiger partial charge in [0.25, 0.3) is 11.5 Å². The molecular weight excluding hydrogens is 378 g/mol. The van der Waals surface area contributed by atoms with Gasteiger partial charge in [-0.05, 0) is 31.0 Å². The highest BCUT2D eigenvalue weighted by atomic mass is 16.1. The normalized spacial score (nSPS) is 15.3. The van der Waals surface area contributed by atoms with Gasteiger partial charge in [-0.25, -0.2) is 9.73 Å². The number of benzene rings is 2. The fourth-order valence-corrected chi connectivity index (χ4v) is 4.25. The summed E-state index contributed by atoms with van der Waals surface area (Å²) in [6.07, 6.45) is 6.82. The maximum atomic E-state index is 12.9. The Balaban J connectivity index is 1.56. The summed E-state index contributed by atoms with van der Waals surface area (Å²) in [7, 11) is 0. The molecule has 0 saturated heterocycles. The summed E-state index contributed by atoms with van der Waals surface area (Å²) in [4.78, 5) is 29.8. The molecule has 152 valence electrons. The van der Waals surface area contributed by atoms with Crippen molar-refractivity contribution >= 4 is 22.5 Å². The van der Waals surface area contributed by atoms with Gasteiger partial charge in [0.05, 0.1) is 10.9 Å². The zero-order chi connectivity index (χ0) is 20.5. The molecule has 7 nitrogen and oxygen atoms in total. The van der Waals surface area contributed by atoms with Gasteiger partial charge in [-0.3, -0.25) is 9.59 Å². The van der Waals surface area contributed by atoms with Crippen LogP contribution in [-0.4, -0.2) is 31.8 Å². The van der Waals surface area contributed by atoms with E-state index in [4.69, 9.17) is 0 Å². The van der Waals surface area contributed by atoms with Gasteiger partial charge >= 0.3 is 0 Å². The lowest BCUT2D eigenvalue weighted by atomic mass is 10.1. The van der Waals surface area contributed by atoms with Crippen molar-refractivity contribution in [1.29, 1.82) is 0 Å². The summed E-state index contributed by atoms with van der Waals surface area (Å²) in [5, 5.41) is 10.9. The van der Waals surface area contributed by atoms with Crippen LogP contribution in [0.4, 0.5) is 0 Å². The number of nitrogens with zero attached hydrogens (tertiary/aromatic N) is 3. The molecule has 2 heterocycles. The second kappa shape index (κ2) is 7.74. The highest BCUT2D eigenvalue weighted by molar-refractivity contribution is 5.98. The number of carbonyl (C=O) groups is 1. The van der Waals surface area contributed by atoms with Gasteiger partial charge < -0.3 is 5.32 Å². The van der Waals surface area contributed by atoms with Crippen LogP contribution in [0.5, 0.6) is 0 Å². The van der Waals surface area contributed by atoms with Gasteiger partial charge in [-0.1, -0.05) is 56.0 Å². The van der Waals surface area contributed by atoms with Crippen LogP contribution in [0.1, 0.15) is 48.9 Å². The van der Waals surface area contributed by atoms with Crippen LogP contribution in [0.25, 0.3) is 27.8 Å². The number of nitrogens with one attached hydrogen (secondary N) is 2. The Kier molecular flexibility index (Phi) is 4.78. The second-order valence-electron chi connectivity index (χ2n) is 7.90. The number of H-pyrrole nitrogens is 1. The van der Waals surface area contributed by atoms with Crippen LogP contribution in [0.3, 0.4) is 0 Å². The van der Waals surface area contributed by atoms with Gasteiger partial charge in [0, 0.05) is 17.2 Å². The number of aromatic amines is 1. The topological polar surface area (TPSA) is 92.2 Å². The number of amides is 1. The Morgan fingerprint density at radius 3 is 2.57 bits per heavy atom. The molecule has 4 aromatic rings. The standard InChI is InChI=1S/C23H23N5O2/c29-22(24-17-10-6-1-2-7-11-17)16-12-13-18-19(14-16)28-21(25-23(18)30)20(26-27-28)15-8-4-3-5-9-15/h3-5,8-9,12-14,17,27H,1-2,6-7,10-11H2,(H,24,29). The van der Waals surface area contributed by atoms with Gasteiger partial charge in [0.2, 0.25) is 0 Å². The van der Waals surface area contributed by atoms with Crippen LogP contribution in [-0.2, 0) is 0 Å². The zero-order valence-corrected chi connectivity index (χ0v) is 16.6. The van der Waals surface area contributed by atoms with E-state index in [2.05, 4.69) is 20.6 Å². The second-order valence-corrected chi connectivity index (χ2v) is 7.90. The largest absolute Gasteiger partial charge is 0.349 e. The van der Waals surface area contributed by atoms with Crippen LogP contribution in [0, 0.1) is 0 Å². The van der Waals surface area contributed by atoms with Crippen molar-refractivity contribution in [2.24, 2.45) is 0 Å². The van der Waals surface area contributed by atoms with Crippen molar-refractivity contribution in [2.45, 2.75) is 44.6 Å². The molecule has 0 radical (unpaired) electrons. The van der Waals surface area contributed by atoms with E-state index in [9.17, 15) is 9.59 Å². The van der Waals surface area contributed by atoms with E-state index in [1.807, 2.05) is 30.3 Å². The van der Waals surface area contributed by atoms with Crippen molar-refractivity contribution in [3.63, 3.8) is 0 Å². The maximum absolute atomic E-state index is 12.9. The summed E-state index contributed by atoms with van der Waals surface area (Å²) < 4.78 is 1.67. The molecule has 0 aliphatic heterocycles. The third-order valence-electron chi connectivity index (χ3n) is 5.86. The molecule has 7 heteroatoms. The lowest BCUT2D eigenvalue weighted by Crippen LogP contribution is -2.34. The predicted octanol–water partition coefficient (Wildman–Crippen LogP) is 3.69. The Morgan fingerprint density at radius 1 is 1.03 bits per heavy atom. The summed E-state index contributed by atoms with van der Waals surface area (Å²) in [5.74, 6) is -0.107. The van der Waals surface area contributed by atoms with Crippen LogP contribution >= 0.6 is 0 Å². The lowest BCUT2D eigenvalue weighted by Gasteiger charge is -2.16. The fourth-order valence-electron chi connectivity index (χ4n) is 4.25. The van der Waals surface area contributed by atoms with Crippen molar-refractivity contribution in [3.8, 4) is 11.3 Å². The highest BCUT2D eigenvalue weighted by Crippen LogP contribution is 2.23. The Labute approximate surface area is 173 Å². The number of rotatable bonds is 3. The number of fused-ring (bicyclic) bond motifs is 3. The Hall–Kier alpha value is -3.48. The van der Waals surface area contributed by atoms with E-state index in [0.717, 1.165) is 31.2 Å². The summed E-state index contributed by atoms with van der Waals surface area (Å²) in [6, 6.07) is 14.9. The third kappa shape index (κ3) is 3.36. The maximum Gasteiger partial charge on any atom is 0.281 e. The van der Waals surface area contributed by atoms with Gasteiger partial charge in [0.1, 0.15) is 5.69 Å². The van der Waals surface area contributed by atoms with E-state index in [-0.39, 0.29) is 17.5 Å². The van der Waals surface area contributed by atoms with Crippen LogP contribution in [0.2, 0.25) is 0 Å². The van der Waals surface area contributed by atoms with Crippen LogP contribution < -0.4 is 10.9 Å². The molecule has 0 bridgehead atoms. The number of hydrogen-bond donors (Lipinski definition) is 2. The molecule has 5 rings (SSSR count). The lowest BCUT2D eigenvalue weighted by molar-refractivity contribution is 0.0933. The molecule has 0 atom stereocenters. The Morgan fingerprint density at radius 2 is 1.80 bits per heavy atom. The van der Waals surface area contributed by atoms with Gasteiger partial charge in [0.15, 0.2) is 5.65 Å². The van der Waals surface area contributed by atoms with Gasteiger partial charge in [-0.15, -0.1) is 0 Å². The van der Waals surface area contributed by atoms with E-state index in [1.54, 1.807) is 22.7 Å². The average molecular weight is 401 g/mol. The predicted molar refractivity (Wildman–Crippen MR) is 116 cm³/mol. The SMILES string of the molecule is O=C(NC1CCCCCC1)c1ccc2c(=O)nc3c(-c4ccccc4)n[nH]n3c2c1. The molecule has 2 aromatic carbocycles. The number of hydrogen-bond acceptors (Lipinski definition) is 4. The van der Waals surface area contributed by atoms with Crippen molar-refractivity contribution in [3.05, 3.63) is 64.4 Å². The highest BCUT2D eigenvalue weighted by Gasteiger charge is 2.18. The molecule has 0 unspecified atom stereocenters. The average Bonchev–Trinajstić information content (AvgIpc) is 3.03. The smallest absolute Gasteiger partial charge is 0.281 e. The molecule has 30 heavy (non-hydrogen) atoms. The first-order chi connectivity index (χ1) is 14.7. The zero-order valence-electron chi connectivity index (χ0n) is 16.6. The van der Waals surface area contributed by atoms with E-state index < -0.39 is 0 Å². The Bertz CT molecular complexity index is 1270. The monoisotopic (exact) mass is 401 g/mol. The third-order valence-corrected chi connectivity index (χ3v) is 5.86. The quantitative estimate of drug-likeness (QED) is 0.512. The molecule has 1 fully saturated rings. The summed E-state index contributed by atoms with van der Waals surface area (Å²) >= 11 is 0. The summed E-state index contributed by atoms with van der Waals surface area (Å²) in [6.45, 7) is 0. The minimum Gasteiger partial charge on any atom is -0.349 e. The molecule has 1 saturated carbocycles. The van der Waals surface area contributed by atoms with E-state index in [0.29, 0.717) is 27.8 Å². The number of carbonyl (C=O) groups excluding carboxylic acids is 1. The fraction of sp³-hybridized carbons (Fsp3) is 0.304. The van der Waals surface area contributed by atoms with E-state index in [1.165, 1.54) is 12.8 Å². The minimum atomic E-state index is -0.334. The van der Waals surface area contributed by atoms with Crippen molar-refractivity contribution < 1.29 is 4.79 Å².